The predicted octanol–water partition coefficient (Wildman–Crippen LogP) is 1.24. The minimum atomic E-state index is -0.508. The van der Waals surface area contributed by atoms with Gasteiger partial charge in [-0.3, -0.25) is 9.59 Å². The number of rotatable bonds is 5. The Hall–Kier alpha value is -2.42. The van der Waals surface area contributed by atoms with E-state index in [-0.39, 0.29) is 11.7 Å². The molecule has 138 valence electrons. The maximum atomic E-state index is 12.6. The molecule has 2 aromatic rings. The first kappa shape index (κ1) is 18.4. The van der Waals surface area contributed by atoms with Crippen LogP contribution in [0, 0.1) is 13.8 Å². The Morgan fingerprint density at radius 1 is 1.27 bits per heavy atom. The molecule has 0 spiro atoms. The van der Waals surface area contributed by atoms with Gasteiger partial charge in [0.2, 0.25) is 17.0 Å². The number of tetrazole rings is 1. The van der Waals surface area contributed by atoms with Gasteiger partial charge in [0.15, 0.2) is 0 Å². The molecule has 1 aliphatic rings. The summed E-state index contributed by atoms with van der Waals surface area (Å²) in [5, 5.41) is 12.4. The van der Waals surface area contributed by atoms with Gasteiger partial charge in [0, 0.05) is 6.54 Å². The van der Waals surface area contributed by atoms with Crippen molar-refractivity contribution < 1.29 is 9.59 Å². The van der Waals surface area contributed by atoms with Gasteiger partial charge in [-0.15, -0.1) is 5.10 Å². The molecule has 1 fully saturated rings. The zero-order chi connectivity index (χ0) is 18.7. The number of piperidine rings is 1. The van der Waals surface area contributed by atoms with Crippen LogP contribution in [0.4, 0.5) is 0 Å². The fraction of sp³-hybridized carbons (Fsp3) is 0.471. The van der Waals surface area contributed by atoms with Crippen LogP contribution in [-0.4, -0.2) is 55.3 Å². The van der Waals surface area contributed by atoms with E-state index in [0.717, 1.165) is 29.7 Å². The van der Waals surface area contributed by atoms with Crippen molar-refractivity contribution in [2.24, 2.45) is 5.73 Å². The molecule has 0 bridgehead atoms. The number of thioether (sulfide) groups is 1. The Labute approximate surface area is 156 Å². The third-order valence-electron chi connectivity index (χ3n) is 4.57. The van der Waals surface area contributed by atoms with E-state index < -0.39 is 11.9 Å². The highest BCUT2D eigenvalue weighted by Crippen LogP contribution is 2.25. The van der Waals surface area contributed by atoms with Crippen molar-refractivity contribution in [2.75, 3.05) is 12.3 Å². The third kappa shape index (κ3) is 3.72. The molecule has 0 radical (unpaired) electrons. The number of amides is 2. The summed E-state index contributed by atoms with van der Waals surface area (Å²) in [7, 11) is 0. The quantitative estimate of drug-likeness (QED) is 0.789. The van der Waals surface area contributed by atoms with Crippen LogP contribution in [0.1, 0.15) is 30.4 Å². The number of aryl methyl sites for hydroxylation is 2. The van der Waals surface area contributed by atoms with Crippen molar-refractivity contribution in [1.29, 1.82) is 0 Å². The molecule has 2 amide bonds. The highest BCUT2D eigenvalue weighted by molar-refractivity contribution is 7.99. The number of hydrogen-bond acceptors (Lipinski definition) is 6. The number of nitrogens with zero attached hydrogens (tertiary/aromatic N) is 5. The fourth-order valence-corrected chi connectivity index (χ4v) is 4.05. The lowest BCUT2D eigenvalue weighted by atomic mass is 10.0. The number of benzene rings is 1. The summed E-state index contributed by atoms with van der Waals surface area (Å²) in [6.45, 7) is 4.55. The minimum Gasteiger partial charge on any atom is -0.368 e. The van der Waals surface area contributed by atoms with Gasteiger partial charge in [0.05, 0.1) is 11.4 Å². The molecule has 3 rings (SSSR count). The smallest absolute Gasteiger partial charge is 0.240 e. The van der Waals surface area contributed by atoms with Crippen molar-refractivity contribution in [3.05, 3.63) is 29.3 Å². The number of carbonyl (C=O) groups excluding carboxylic acids is 2. The summed E-state index contributed by atoms with van der Waals surface area (Å²) in [4.78, 5) is 25.8. The number of para-hydroxylation sites is 1. The van der Waals surface area contributed by atoms with Crippen LogP contribution in [0.15, 0.2) is 23.4 Å². The average Bonchev–Trinajstić information content (AvgIpc) is 3.07. The van der Waals surface area contributed by atoms with Gasteiger partial charge in [-0.2, -0.15) is 4.68 Å². The molecular formula is C17H22N6O2S. The number of aromatic nitrogens is 4. The molecule has 2 N–H and O–H groups in total. The van der Waals surface area contributed by atoms with Gasteiger partial charge in [-0.25, -0.2) is 0 Å². The second-order valence-electron chi connectivity index (χ2n) is 6.40. The van der Waals surface area contributed by atoms with Gasteiger partial charge < -0.3 is 10.6 Å². The first-order valence-corrected chi connectivity index (χ1v) is 9.54. The summed E-state index contributed by atoms with van der Waals surface area (Å²) in [5.41, 5.74) is 8.46. The van der Waals surface area contributed by atoms with Crippen LogP contribution in [0.2, 0.25) is 0 Å². The summed E-state index contributed by atoms with van der Waals surface area (Å²) in [6, 6.07) is 5.46. The zero-order valence-electron chi connectivity index (χ0n) is 14.9. The lowest BCUT2D eigenvalue weighted by Gasteiger charge is -2.33. The first-order chi connectivity index (χ1) is 12.5. The molecule has 1 aromatic carbocycles. The van der Waals surface area contributed by atoms with Crippen molar-refractivity contribution in [3.63, 3.8) is 0 Å². The largest absolute Gasteiger partial charge is 0.368 e. The topological polar surface area (TPSA) is 107 Å². The summed E-state index contributed by atoms with van der Waals surface area (Å²) >= 11 is 1.26. The summed E-state index contributed by atoms with van der Waals surface area (Å²) in [5.74, 6) is -0.396. The SMILES string of the molecule is Cc1cccc(C)c1-n1nnnc1SCC(=O)N1CCCC[C@H]1C(N)=O. The number of primary amides is 1. The Morgan fingerprint density at radius 2 is 2.00 bits per heavy atom. The van der Waals surface area contributed by atoms with Gasteiger partial charge in [-0.05, 0) is 54.7 Å². The van der Waals surface area contributed by atoms with Crippen LogP contribution in [0.5, 0.6) is 0 Å². The molecular weight excluding hydrogens is 352 g/mol. The lowest BCUT2D eigenvalue weighted by Crippen LogP contribution is -2.51. The number of nitrogens with two attached hydrogens (primary N) is 1. The molecule has 1 aromatic heterocycles. The zero-order valence-corrected chi connectivity index (χ0v) is 15.7. The van der Waals surface area contributed by atoms with Gasteiger partial charge >= 0.3 is 0 Å². The number of carbonyl (C=O) groups is 2. The van der Waals surface area contributed by atoms with E-state index in [9.17, 15) is 9.59 Å². The normalized spacial score (nSPS) is 17.3. The van der Waals surface area contributed by atoms with Crippen molar-refractivity contribution in [2.45, 2.75) is 44.3 Å². The number of likely N-dealkylation sites (tertiary alicyclic amines) is 1. The summed E-state index contributed by atoms with van der Waals surface area (Å²) in [6.07, 6.45) is 2.43. The second-order valence-corrected chi connectivity index (χ2v) is 7.35. The maximum Gasteiger partial charge on any atom is 0.240 e. The van der Waals surface area contributed by atoms with Gasteiger partial charge in [-0.1, -0.05) is 30.0 Å². The van der Waals surface area contributed by atoms with Crippen molar-refractivity contribution in [3.8, 4) is 5.69 Å². The van der Waals surface area contributed by atoms with Crippen molar-refractivity contribution in [1.82, 2.24) is 25.1 Å². The van der Waals surface area contributed by atoms with Crippen LogP contribution in [0.3, 0.4) is 0 Å². The Bertz CT molecular complexity index is 801. The van der Waals surface area contributed by atoms with Gasteiger partial charge in [0.1, 0.15) is 6.04 Å². The monoisotopic (exact) mass is 374 g/mol. The maximum absolute atomic E-state index is 12.6. The Morgan fingerprint density at radius 3 is 2.69 bits per heavy atom. The van der Waals surface area contributed by atoms with E-state index in [4.69, 9.17) is 5.73 Å². The first-order valence-electron chi connectivity index (χ1n) is 8.55. The molecule has 0 unspecified atom stereocenters. The standard InChI is InChI=1S/C17H22N6O2S/c1-11-6-5-7-12(2)15(11)23-17(19-20-21-23)26-10-14(24)22-9-4-3-8-13(22)16(18)25/h5-7,13H,3-4,8-10H2,1-2H3,(H2,18,25)/t13-/m0/s1. The number of hydrogen-bond donors (Lipinski definition) is 1. The van der Waals surface area contributed by atoms with Gasteiger partial charge in [0.25, 0.3) is 0 Å². The van der Waals surface area contributed by atoms with E-state index >= 15 is 0 Å². The van der Waals surface area contributed by atoms with E-state index in [0.29, 0.717) is 18.1 Å². The van der Waals surface area contributed by atoms with E-state index in [1.54, 1.807) is 9.58 Å². The molecule has 1 atom stereocenters. The fourth-order valence-electron chi connectivity index (χ4n) is 3.28. The van der Waals surface area contributed by atoms with Crippen LogP contribution >= 0.6 is 11.8 Å². The average molecular weight is 374 g/mol. The van der Waals surface area contributed by atoms with E-state index in [1.807, 2.05) is 32.0 Å². The minimum absolute atomic E-state index is 0.116. The van der Waals surface area contributed by atoms with Crippen LogP contribution in [-0.2, 0) is 9.59 Å². The highest BCUT2D eigenvalue weighted by Gasteiger charge is 2.30. The van der Waals surface area contributed by atoms with Crippen molar-refractivity contribution >= 4 is 23.6 Å². The summed E-state index contributed by atoms with van der Waals surface area (Å²) < 4.78 is 1.66. The Balaban J connectivity index is 1.74. The lowest BCUT2D eigenvalue weighted by molar-refractivity contribution is -0.138. The van der Waals surface area contributed by atoms with E-state index in [2.05, 4.69) is 15.5 Å². The Kier molecular flexibility index (Phi) is 5.55. The molecule has 0 aliphatic carbocycles. The highest BCUT2D eigenvalue weighted by atomic mass is 32.2. The van der Waals surface area contributed by atoms with Crippen LogP contribution < -0.4 is 5.73 Å². The molecule has 9 heteroatoms. The molecule has 0 saturated carbocycles. The molecule has 2 heterocycles. The van der Waals surface area contributed by atoms with E-state index in [1.165, 1.54) is 11.8 Å². The third-order valence-corrected chi connectivity index (χ3v) is 5.47. The molecule has 26 heavy (non-hydrogen) atoms. The molecule has 1 aliphatic heterocycles. The van der Waals surface area contributed by atoms with Crippen LogP contribution in [0.25, 0.3) is 5.69 Å². The second kappa shape index (κ2) is 7.86. The molecule has 1 saturated heterocycles. The predicted molar refractivity (Wildman–Crippen MR) is 97.9 cm³/mol. The molecule has 8 nitrogen and oxygen atoms in total.